The van der Waals surface area contributed by atoms with E-state index in [4.69, 9.17) is 16.6 Å². The van der Waals surface area contributed by atoms with Crippen molar-refractivity contribution in [2.45, 2.75) is 12.5 Å². The summed E-state index contributed by atoms with van der Waals surface area (Å²) in [4.78, 5) is 9.74. The fourth-order valence-electron chi connectivity index (χ4n) is 0.199. The third kappa shape index (κ3) is 2.21. The van der Waals surface area contributed by atoms with Crippen molar-refractivity contribution in [3.05, 3.63) is 0 Å². The molecule has 0 aromatic rings. The molecule has 0 bridgehead atoms. The Kier molecular flexibility index (Phi) is 2.67. The van der Waals surface area contributed by atoms with Gasteiger partial charge in [-0.25, -0.2) is 4.79 Å². The minimum absolute atomic E-state index is 0.130. The van der Waals surface area contributed by atoms with Crippen LogP contribution in [-0.4, -0.2) is 22.3 Å². The quantitative estimate of drug-likeness (QED) is 0.474. The molecule has 2 N–H and O–H groups in total. The topological polar surface area (TPSA) is 57.5 Å². The first-order valence-electron chi connectivity index (χ1n) is 2.03. The van der Waals surface area contributed by atoms with Gasteiger partial charge in [-0.3, -0.25) is 0 Å². The minimum Gasteiger partial charge on any atom is -0.479 e. The molecule has 0 saturated heterocycles. The summed E-state index contributed by atoms with van der Waals surface area (Å²) in [5.74, 6) is 0.743. The van der Waals surface area contributed by atoms with E-state index in [0.29, 0.717) is 0 Å². The van der Waals surface area contributed by atoms with Crippen LogP contribution in [0.25, 0.3) is 0 Å². The molecule has 0 saturated carbocycles. The van der Waals surface area contributed by atoms with Crippen molar-refractivity contribution >= 4 is 5.97 Å². The van der Waals surface area contributed by atoms with E-state index in [1.54, 1.807) is 0 Å². The van der Waals surface area contributed by atoms with Crippen LogP contribution in [0.1, 0.15) is 6.42 Å². The molecule has 0 aromatic heterocycles. The van der Waals surface area contributed by atoms with Crippen molar-refractivity contribution in [1.82, 2.24) is 0 Å². The molecule has 0 radical (unpaired) electrons. The highest BCUT2D eigenvalue weighted by molar-refractivity contribution is 5.72. The number of carboxylic acids is 1. The molecule has 44 valence electrons. The van der Waals surface area contributed by atoms with Gasteiger partial charge in [0.25, 0.3) is 0 Å². The number of rotatable bonds is 2. The van der Waals surface area contributed by atoms with E-state index in [1.165, 1.54) is 0 Å². The molecule has 0 aliphatic rings. The molecule has 0 aromatic carbocycles. The van der Waals surface area contributed by atoms with Crippen molar-refractivity contribution in [3.8, 4) is 12.3 Å². The Labute approximate surface area is 46.9 Å². The molecule has 0 rings (SSSR count). The Morgan fingerprint density at radius 1 is 1.88 bits per heavy atom. The summed E-state index contributed by atoms with van der Waals surface area (Å²) in [6.45, 7) is 0. The number of aliphatic hydroxyl groups excluding tert-OH is 1. The second-order valence-corrected chi connectivity index (χ2v) is 1.26. The fraction of sp³-hybridized carbons (Fsp3) is 0.400. The summed E-state index contributed by atoms with van der Waals surface area (Å²) in [5, 5.41) is 16.4. The SMILES string of the molecule is C#CCC(O)C(=O)O. The maximum atomic E-state index is 9.74. The summed E-state index contributed by atoms with van der Waals surface area (Å²) < 4.78 is 0. The van der Waals surface area contributed by atoms with E-state index in [1.807, 2.05) is 5.92 Å². The smallest absolute Gasteiger partial charge is 0.333 e. The van der Waals surface area contributed by atoms with Gasteiger partial charge in [0, 0.05) is 6.42 Å². The number of carboxylic acid groups (broad SMARTS) is 1. The zero-order valence-electron chi connectivity index (χ0n) is 4.16. The van der Waals surface area contributed by atoms with Gasteiger partial charge in [-0.05, 0) is 0 Å². The maximum absolute atomic E-state index is 9.74. The monoisotopic (exact) mass is 114 g/mol. The van der Waals surface area contributed by atoms with Gasteiger partial charge in [-0.2, -0.15) is 0 Å². The average Bonchev–Trinajstić information content (AvgIpc) is 1.67. The number of hydrogen-bond donors (Lipinski definition) is 2. The van der Waals surface area contributed by atoms with Crippen LogP contribution in [0.2, 0.25) is 0 Å². The number of hydrogen-bond acceptors (Lipinski definition) is 2. The molecule has 0 heterocycles. The Morgan fingerprint density at radius 3 is 2.50 bits per heavy atom. The number of carbonyl (C=O) groups is 1. The molecule has 0 amide bonds. The molecule has 3 heteroatoms. The molecule has 0 aliphatic heterocycles. The van der Waals surface area contributed by atoms with Crippen molar-refractivity contribution in [2.75, 3.05) is 0 Å². The van der Waals surface area contributed by atoms with Gasteiger partial charge in [0.2, 0.25) is 0 Å². The second kappa shape index (κ2) is 3.05. The molecule has 0 fully saturated rings. The van der Waals surface area contributed by atoms with E-state index in [2.05, 4.69) is 0 Å². The Morgan fingerprint density at radius 2 is 2.38 bits per heavy atom. The molecule has 0 aliphatic carbocycles. The lowest BCUT2D eigenvalue weighted by Gasteiger charge is -1.95. The molecular weight excluding hydrogens is 108 g/mol. The number of aliphatic carboxylic acids is 1. The maximum Gasteiger partial charge on any atom is 0.333 e. The van der Waals surface area contributed by atoms with Gasteiger partial charge in [0.15, 0.2) is 6.10 Å². The Balaban J connectivity index is 3.52. The van der Waals surface area contributed by atoms with Crippen molar-refractivity contribution in [2.24, 2.45) is 0 Å². The normalized spacial score (nSPS) is 12.0. The van der Waals surface area contributed by atoms with Gasteiger partial charge in [0.1, 0.15) is 0 Å². The second-order valence-electron chi connectivity index (χ2n) is 1.26. The predicted molar refractivity (Wildman–Crippen MR) is 27.1 cm³/mol. The van der Waals surface area contributed by atoms with Crippen LogP contribution >= 0.6 is 0 Å². The van der Waals surface area contributed by atoms with Crippen LogP contribution in [0.4, 0.5) is 0 Å². The highest BCUT2D eigenvalue weighted by Crippen LogP contribution is 1.86. The van der Waals surface area contributed by atoms with Crippen molar-refractivity contribution < 1.29 is 15.0 Å². The van der Waals surface area contributed by atoms with E-state index in [-0.39, 0.29) is 6.42 Å². The van der Waals surface area contributed by atoms with Gasteiger partial charge in [-0.15, -0.1) is 12.3 Å². The lowest BCUT2D eigenvalue weighted by Crippen LogP contribution is -2.17. The highest BCUT2D eigenvalue weighted by Gasteiger charge is 2.09. The predicted octanol–water partition coefficient (Wildman–Crippen LogP) is -0.545. The van der Waals surface area contributed by atoms with Crippen molar-refractivity contribution in [1.29, 1.82) is 0 Å². The zero-order valence-corrected chi connectivity index (χ0v) is 4.16. The van der Waals surface area contributed by atoms with Crippen LogP contribution in [0.3, 0.4) is 0 Å². The minimum atomic E-state index is -1.40. The Bertz CT molecular complexity index is 122. The van der Waals surface area contributed by atoms with Crippen molar-refractivity contribution in [3.63, 3.8) is 0 Å². The number of terminal acetylenes is 1. The summed E-state index contributed by atoms with van der Waals surface area (Å²) in [5.41, 5.74) is 0. The van der Waals surface area contributed by atoms with Gasteiger partial charge < -0.3 is 10.2 Å². The van der Waals surface area contributed by atoms with Crippen LogP contribution in [0.15, 0.2) is 0 Å². The average molecular weight is 114 g/mol. The van der Waals surface area contributed by atoms with E-state index < -0.39 is 12.1 Å². The lowest BCUT2D eigenvalue weighted by atomic mass is 10.3. The summed E-state index contributed by atoms with van der Waals surface area (Å²) in [6.07, 6.45) is 3.16. The molecule has 0 spiro atoms. The first-order valence-corrected chi connectivity index (χ1v) is 2.03. The first-order chi connectivity index (χ1) is 3.68. The fourth-order valence-corrected chi connectivity index (χ4v) is 0.199. The third-order valence-corrected chi connectivity index (χ3v) is 0.596. The van der Waals surface area contributed by atoms with Crippen LogP contribution in [-0.2, 0) is 4.79 Å². The summed E-state index contributed by atoms with van der Waals surface area (Å²) in [6, 6.07) is 0. The van der Waals surface area contributed by atoms with Crippen LogP contribution in [0.5, 0.6) is 0 Å². The largest absolute Gasteiger partial charge is 0.479 e. The van der Waals surface area contributed by atoms with Crippen LogP contribution in [0, 0.1) is 12.3 Å². The zero-order chi connectivity index (χ0) is 6.57. The summed E-state index contributed by atoms with van der Waals surface area (Å²) >= 11 is 0. The molecule has 3 nitrogen and oxygen atoms in total. The Hall–Kier alpha value is -1.01. The van der Waals surface area contributed by atoms with Gasteiger partial charge in [-0.1, -0.05) is 0 Å². The first kappa shape index (κ1) is 6.99. The lowest BCUT2D eigenvalue weighted by molar-refractivity contribution is -0.146. The highest BCUT2D eigenvalue weighted by atomic mass is 16.4. The standard InChI is InChI=1S/C5H6O3/c1-2-3-4(6)5(7)8/h1,4,6H,3H2,(H,7,8). The molecule has 1 unspecified atom stereocenters. The van der Waals surface area contributed by atoms with E-state index >= 15 is 0 Å². The van der Waals surface area contributed by atoms with E-state index in [0.717, 1.165) is 0 Å². The number of aliphatic hydroxyl groups is 1. The summed E-state index contributed by atoms with van der Waals surface area (Å²) in [7, 11) is 0. The molecule has 8 heavy (non-hydrogen) atoms. The van der Waals surface area contributed by atoms with Gasteiger partial charge in [0.05, 0.1) is 0 Å². The van der Waals surface area contributed by atoms with E-state index in [9.17, 15) is 4.79 Å². The third-order valence-electron chi connectivity index (χ3n) is 0.596. The molecule has 1 atom stereocenters. The van der Waals surface area contributed by atoms with Crippen LogP contribution < -0.4 is 0 Å². The molecular formula is C5H6O3. The van der Waals surface area contributed by atoms with Gasteiger partial charge >= 0.3 is 5.97 Å².